The molecule has 0 spiro atoms. The first kappa shape index (κ1) is 34.4. The average molecular weight is 561 g/mol. The van der Waals surface area contributed by atoms with Gasteiger partial charge in [-0.3, -0.25) is 4.79 Å². The van der Waals surface area contributed by atoms with Gasteiger partial charge in [-0.2, -0.15) is 0 Å². The molecule has 10 heteroatoms. The smallest absolute Gasteiger partial charge is 0.333 e. The Morgan fingerprint density at radius 1 is 0.743 bits per heavy atom. The monoisotopic (exact) mass is 560 g/mol. The number of rotatable bonds is 20. The Morgan fingerprint density at radius 3 is 1.83 bits per heavy atom. The van der Waals surface area contributed by atoms with E-state index in [-0.39, 0.29) is 11.8 Å². The number of allylic oxidation sites excluding steroid dienone is 1. The first-order valence-electron chi connectivity index (χ1n) is 13.0. The zero-order valence-corrected chi connectivity index (χ0v) is 28.2. The van der Waals surface area contributed by atoms with Gasteiger partial charge in [0.1, 0.15) is 0 Å². The lowest BCUT2D eigenvalue weighted by Crippen LogP contribution is -2.51. The van der Waals surface area contributed by atoms with Gasteiger partial charge in [0.05, 0.1) is 6.61 Å². The van der Waals surface area contributed by atoms with Gasteiger partial charge in [-0.05, 0) is 90.2 Å². The summed E-state index contributed by atoms with van der Waals surface area (Å²) in [6.45, 7) is 26.7. The van der Waals surface area contributed by atoms with Crippen LogP contribution in [0.25, 0.3) is 0 Å². The highest BCUT2D eigenvalue weighted by Gasteiger charge is 2.37. The van der Waals surface area contributed by atoms with Crippen molar-refractivity contribution in [3.05, 3.63) is 24.3 Å². The van der Waals surface area contributed by atoms with Gasteiger partial charge in [0.2, 0.25) is 0 Å². The highest BCUT2D eigenvalue weighted by Crippen LogP contribution is 2.24. The quantitative estimate of drug-likeness (QED) is 0.0691. The fourth-order valence-electron chi connectivity index (χ4n) is 4.02. The van der Waals surface area contributed by atoms with Crippen molar-refractivity contribution in [3.8, 4) is 0 Å². The third kappa shape index (κ3) is 18.3. The molecule has 0 aromatic rings. The van der Waals surface area contributed by atoms with Crippen molar-refractivity contribution in [3.63, 3.8) is 0 Å². The number of hydrogen-bond acceptors (Lipinski definition) is 6. The fraction of sp³-hybridized carbons (Fsp3) is 0.760. The van der Waals surface area contributed by atoms with Gasteiger partial charge in [0, 0.05) is 12.0 Å². The van der Waals surface area contributed by atoms with Crippen LogP contribution in [0.3, 0.4) is 0 Å². The van der Waals surface area contributed by atoms with E-state index >= 15 is 0 Å². The molecule has 0 saturated heterocycles. The third-order valence-electron chi connectivity index (χ3n) is 5.62. The minimum Gasteiger partial charge on any atom is -0.462 e. The number of Topliss-reactive ketones (excluding diaryl/α,β-unsaturated/α-hetero) is 1. The SMILES string of the molecule is C=C(C)C(=O)CCCCC[Si](C)(C)O[Si](C)(C)O[SiH](C)O[Si](C)(C)CCCCCOC(=O)C(=C)C. The molecule has 0 radical (unpaired) electrons. The molecule has 0 aliphatic carbocycles. The molecule has 0 rings (SSSR count). The number of esters is 1. The van der Waals surface area contributed by atoms with Crippen molar-refractivity contribution in [1.29, 1.82) is 0 Å². The maximum absolute atomic E-state index is 11.7. The topological polar surface area (TPSA) is 71.1 Å². The van der Waals surface area contributed by atoms with Gasteiger partial charge in [0.15, 0.2) is 22.4 Å². The van der Waals surface area contributed by atoms with Crippen LogP contribution in [-0.4, -0.2) is 52.8 Å². The summed E-state index contributed by atoms with van der Waals surface area (Å²) in [5.41, 5.74) is 1.10. The Bertz CT molecular complexity index is 706. The van der Waals surface area contributed by atoms with Crippen LogP contribution in [0, 0.1) is 0 Å². The second-order valence-electron chi connectivity index (χ2n) is 11.3. The van der Waals surface area contributed by atoms with E-state index in [9.17, 15) is 9.59 Å². The summed E-state index contributed by atoms with van der Waals surface area (Å²) in [6.07, 6.45) is 6.61. The summed E-state index contributed by atoms with van der Waals surface area (Å²) >= 11 is 0. The summed E-state index contributed by atoms with van der Waals surface area (Å²) in [6, 6.07) is 2.14. The molecule has 0 bridgehead atoms. The fourth-order valence-corrected chi connectivity index (χ4v) is 20.5. The maximum atomic E-state index is 11.7. The molecule has 204 valence electrons. The molecule has 0 aromatic carbocycles. The summed E-state index contributed by atoms with van der Waals surface area (Å²) < 4.78 is 24.8. The van der Waals surface area contributed by atoms with E-state index in [1.807, 2.05) is 0 Å². The van der Waals surface area contributed by atoms with E-state index in [0.717, 1.165) is 50.6 Å². The lowest BCUT2D eigenvalue weighted by molar-refractivity contribution is -0.139. The number of unbranched alkanes of at least 4 members (excludes halogenated alkanes) is 4. The van der Waals surface area contributed by atoms with Crippen molar-refractivity contribution < 1.29 is 26.7 Å². The van der Waals surface area contributed by atoms with E-state index in [0.29, 0.717) is 24.2 Å². The van der Waals surface area contributed by atoms with E-state index < -0.39 is 34.5 Å². The molecule has 1 unspecified atom stereocenters. The standard InChI is InChI=1S/C25H52O6Si4/c1-22(2)24(26)18-14-12-16-21-34(8,9)31-35(10,11)30-32(5)29-33(6,7)20-17-13-15-19-28-25(27)23(3)4/h32H,1,3,12-21H2,2,4-11H3. The van der Waals surface area contributed by atoms with Gasteiger partial charge < -0.3 is 17.1 Å². The number of ketones is 1. The first-order valence-corrected chi connectivity index (χ1v) is 24.2. The van der Waals surface area contributed by atoms with Crippen LogP contribution in [-0.2, 0) is 26.7 Å². The molecule has 0 amide bonds. The summed E-state index contributed by atoms with van der Waals surface area (Å²) in [5, 5.41) is 0. The van der Waals surface area contributed by atoms with Crippen LogP contribution in [0.1, 0.15) is 58.8 Å². The lowest BCUT2D eigenvalue weighted by Gasteiger charge is -2.37. The largest absolute Gasteiger partial charge is 0.462 e. The van der Waals surface area contributed by atoms with Crippen molar-refractivity contribution >= 4 is 46.2 Å². The molecule has 0 aromatic heterocycles. The zero-order chi connectivity index (χ0) is 27.3. The molecule has 1 atom stereocenters. The molecule has 6 nitrogen and oxygen atoms in total. The van der Waals surface area contributed by atoms with Crippen molar-refractivity contribution in [1.82, 2.24) is 0 Å². The summed E-state index contributed by atoms with van der Waals surface area (Å²) in [4.78, 5) is 23.1. The van der Waals surface area contributed by atoms with Gasteiger partial charge in [-0.25, -0.2) is 4.79 Å². The molecule has 0 N–H and O–H groups in total. The minimum absolute atomic E-state index is 0.175. The molecule has 0 saturated carbocycles. The van der Waals surface area contributed by atoms with E-state index in [1.165, 1.54) is 0 Å². The van der Waals surface area contributed by atoms with E-state index in [1.54, 1.807) is 13.8 Å². The average Bonchev–Trinajstić information content (AvgIpc) is 2.67. The van der Waals surface area contributed by atoms with Gasteiger partial charge >= 0.3 is 14.5 Å². The Morgan fingerprint density at radius 2 is 1.29 bits per heavy atom. The normalized spacial score (nSPS) is 13.4. The Hall–Kier alpha value is -0.632. The number of carbonyl (C=O) groups excluding carboxylic acids is 2. The van der Waals surface area contributed by atoms with Crippen molar-refractivity contribution in [2.75, 3.05) is 6.61 Å². The van der Waals surface area contributed by atoms with Gasteiger partial charge in [-0.15, -0.1) is 0 Å². The number of hydrogen-bond donors (Lipinski definition) is 0. The Balaban J connectivity index is 4.32. The first-order chi connectivity index (χ1) is 16.0. The maximum Gasteiger partial charge on any atom is 0.333 e. The van der Waals surface area contributed by atoms with E-state index in [2.05, 4.69) is 59.0 Å². The summed E-state index contributed by atoms with van der Waals surface area (Å²) in [5.74, 6) is -0.135. The predicted octanol–water partition coefficient (Wildman–Crippen LogP) is 6.99. The minimum atomic E-state index is -2.27. The number of carbonyl (C=O) groups is 2. The molecule has 0 aliphatic heterocycles. The molecule has 0 heterocycles. The highest BCUT2D eigenvalue weighted by atomic mass is 28.5. The van der Waals surface area contributed by atoms with Crippen molar-refractivity contribution in [2.45, 2.75) is 117 Å². The third-order valence-corrected chi connectivity index (χ3v) is 20.4. The lowest BCUT2D eigenvalue weighted by atomic mass is 10.1. The molecular weight excluding hydrogens is 509 g/mol. The second-order valence-corrected chi connectivity index (χ2v) is 26.0. The molecular formula is C25H52O6Si4. The van der Waals surface area contributed by atoms with E-state index in [4.69, 9.17) is 17.1 Å². The van der Waals surface area contributed by atoms with Crippen LogP contribution >= 0.6 is 0 Å². The van der Waals surface area contributed by atoms with Gasteiger partial charge in [-0.1, -0.05) is 38.8 Å². The second kappa shape index (κ2) is 16.3. The van der Waals surface area contributed by atoms with Crippen molar-refractivity contribution in [2.24, 2.45) is 0 Å². The zero-order valence-electron chi connectivity index (χ0n) is 24.0. The number of ether oxygens (including phenoxy) is 1. The predicted molar refractivity (Wildman–Crippen MR) is 156 cm³/mol. The Kier molecular flexibility index (Phi) is 16.0. The van der Waals surface area contributed by atoms with Crippen LogP contribution < -0.4 is 0 Å². The van der Waals surface area contributed by atoms with Crippen LogP contribution in [0.15, 0.2) is 24.3 Å². The van der Waals surface area contributed by atoms with Crippen LogP contribution in [0.4, 0.5) is 0 Å². The van der Waals surface area contributed by atoms with Crippen LogP contribution in [0.2, 0.25) is 57.9 Å². The molecule has 0 aliphatic rings. The van der Waals surface area contributed by atoms with Gasteiger partial charge in [0.25, 0.3) is 9.28 Å². The summed E-state index contributed by atoms with van der Waals surface area (Å²) in [7, 11) is -7.72. The molecule has 35 heavy (non-hydrogen) atoms. The Labute approximate surface area is 220 Å². The highest BCUT2D eigenvalue weighted by molar-refractivity contribution is 6.85. The van der Waals surface area contributed by atoms with Crippen LogP contribution in [0.5, 0.6) is 0 Å². The molecule has 0 fully saturated rings.